The van der Waals surface area contributed by atoms with Crippen molar-refractivity contribution in [3.8, 4) is 5.75 Å². The molecule has 0 spiro atoms. The molecule has 0 aromatic heterocycles. The Labute approximate surface area is 205 Å². The third-order valence-electron chi connectivity index (χ3n) is 4.81. The Balaban J connectivity index is 1.61. The number of halogens is 2. The highest BCUT2D eigenvalue weighted by atomic mass is 35.5. The first kappa shape index (κ1) is 21.2. The lowest BCUT2D eigenvalue weighted by atomic mass is 10.1. The van der Waals surface area contributed by atoms with Gasteiger partial charge in [0.2, 0.25) is 0 Å². The highest BCUT2D eigenvalue weighted by Gasteiger charge is 2.10. The average Bonchev–Trinajstić information content (AvgIpc) is 2.82. The van der Waals surface area contributed by atoms with E-state index in [4.69, 9.17) is 38.2 Å². The Bertz CT molecular complexity index is 948. The Hall–Kier alpha value is -1.38. The van der Waals surface area contributed by atoms with E-state index in [-0.39, 0.29) is 25.6 Å². The largest absolute Gasteiger partial charge is 0.508 e. The van der Waals surface area contributed by atoms with Crippen molar-refractivity contribution in [2.75, 3.05) is 32.8 Å². The molecule has 6 nitrogen and oxygen atoms in total. The van der Waals surface area contributed by atoms with Crippen LogP contribution in [-0.2, 0) is 22.7 Å². The van der Waals surface area contributed by atoms with Gasteiger partial charge in [-0.15, -0.1) is 0 Å². The quantitative estimate of drug-likeness (QED) is 0.257. The van der Waals surface area contributed by atoms with Crippen LogP contribution in [0.1, 0.15) is 54.0 Å². The van der Waals surface area contributed by atoms with E-state index in [1.54, 1.807) is 30.3 Å². The van der Waals surface area contributed by atoms with E-state index < -0.39 is 19.2 Å². The summed E-state index contributed by atoms with van der Waals surface area (Å²) in [5.41, 5.74) is 1.34. The fourth-order valence-corrected chi connectivity index (χ4v) is 3.47. The molecule has 0 radical (unpaired) electrons. The number of aromatic hydroxyl groups is 1. The van der Waals surface area contributed by atoms with Crippen LogP contribution < -0.4 is 5.32 Å². The zero-order valence-corrected chi connectivity index (χ0v) is 19.3. The van der Waals surface area contributed by atoms with E-state index in [1.165, 1.54) is 6.07 Å². The van der Waals surface area contributed by atoms with E-state index in [0.717, 1.165) is 19.3 Å². The van der Waals surface area contributed by atoms with E-state index >= 15 is 0 Å². The summed E-state index contributed by atoms with van der Waals surface area (Å²) >= 11 is 12.1. The second kappa shape index (κ2) is 15.5. The molecule has 2 rings (SSSR count). The van der Waals surface area contributed by atoms with Crippen LogP contribution in [0.2, 0.25) is 10.0 Å². The molecule has 0 aliphatic carbocycles. The number of hydrogen-bond acceptors (Lipinski definition) is 6. The van der Waals surface area contributed by atoms with Gasteiger partial charge in [-0.05, 0) is 49.2 Å². The van der Waals surface area contributed by atoms with Crippen molar-refractivity contribution in [1.29, 1.82) is 0 Å². The number of aliphatic hydroxyl groups is 2. The number of phenols is 1. The number of nitrogens with one attached hydrogen (secondary N) is 1. The van der Waals surface area contributed by atoms with Crippen molar-refractivity contribution in [3.05, 3.63) is 63.1 Å². The third kappa shape index (κ3) is 9.63. The molecule has 0 saturated heterocycles. The lowest BCUT2D eigenvalue weighted by Crippen LogP contribution is -2.22. The maximum absolute atomic E-state index is 10.2. The number of ether oxygens (including phenoxy) is 2. The molecule has 4 N–H and O–H groups in total. The third-order valence-corrected chi connectivity index (χ3v) is 5.52. The number of hydrogen-bond donors (Lipinski definition) is 4. The van der Waals surface area contributed by atoms with Crippen LogP contribution in [0, 0.1) is 0 Å². The summed E-state index contributed by atoms with van der Waals surface area (Å²) in [6.45, 7) is -4.95. The van der Waals surface area contributed by atoms with Crippen LogP contribution in [0.3, 0.4) is 0 Å². The molecule has 0 fully saturated rings. The summed E-state index contributed by atoms with van der Waals surface area (Å²) in [6, 6.07) is 9.46. The first-order valence-electron chi connectivity index (χ1n) is 12.5. The molecule has 0 saturated carbocycles. The molecule has 32 heavy (non-hydrogen) atoms. The van der Waals surface area contributed by atoms with E-state index in [1.807, 2.05) is 0 Å². The summed E-state index contributed by atoms with van der Waals surface area (Å²) in [4.78, 5) is 0. The molecule has 0 amide bonds. The van der Waals surface area contributed by atoms with Gasteiger partial charge in [0.25, 0.3) is 0 Å². The van der Waals surface area contributed by atoms with Gasteiger partial charge >= 0.3 is 0 Å². The van der Waals surface area contributed by atoms with Gasteiger partial charge in [-0.25, -0.2) is 0 Å². The minimum Gasteiger partial charge on any atom is -0.508 e. The highest BCUT2D eigenvalue weighted by Crippen LogP contribution is 2.25. The topological polar surface area (TPSA) is 91.2 Å². The molecule has 0 bridgehead atoms. The van der Waals surface area contributed by atoms with Crippen LogP contribution >= 0.6 is 23.2 Å². The summed E-state index contributed by atoms with van der Waals surface area (Å²) in [5, 5.41) is 32.8. The van der Waals surface area contributed by atoms with Crippen LogP contribution in [0.15, 0.2) is 36.4 Å². The fraction of sp³-hybridized carbons (Fsp3) is 0.500. The standard InChI is InChI=1S/C24H33Cl2NO5/c25-21-6-5-7-22(26)20(21)17-32-13-12-31-11-4-2-1-3-10-27-15-24(30)18-8-9-23(29)19(14-18)16-28/h5-9,14,24,27-30H,1-4,10-13,15-17H2/t24-/m0/s1/i12D2,13D2. The predicted molar refractivity (Wildman–Crippen MR) is 127 cm³/mol. The Kier molecular flexibility index (Phi) is 10.2. The number of rotatable bonds is 16. The minimum absolute atomic E-state index is 0.0101. The molecule has 0 aliphatic heterocycles. The molecule has 0 unspecified atom stereocenters. The molecule has 178 valence electrons. The van der Waals surface area contributed by atoms with Gasteiger partial charge in [0.1, 0.15) is 5.75 Å². The number of unbranched alkanes of at least 4 members (excludes halogenated alkanes) is 3. The van der Waals surface area contributed by atoms with Crippen molar-refractivity contribution in [2.45, 2.75) is 45.0 Å². The summed E-state index contributed by atoms with van der Waals surface area (Å²) < 4.78 is 42.1. The lowest BCUT2D eigenvalue weighted by Gasteiger charge is -2.14. The molecule has 0 heterocycles. The maximum Gasteiger partial charge on any atom is 0.121 e. The molecule has 1 atom stereocenters. The zero-order chi connectivity index (χ0) is 26.8. The first-order chi connectivity index (χ1) is 17.0. The Morgan fingerprint density at radius 2 is 1.72 bits per heavy atom. The van der Waals surface area contributed by atoms with Crippen molar-refractivity contribution < 1.29 is 30.3 Å². The van der Waals surface area contributed by atoms with Crippen molar-refractivity contribution in [2.24, 2.45) is 0 Å². The minimum atomic E-state index is -2.71. The lowest BCUT2D eigenvalue weighted by molar-refractivity contribution is 0.0393. The van der Waals surface area contributed by atoms with E-state index in [0.29, 0.717) is 46.2 Å². The summed E-state index contributed by atoms with van der Waals surface area (Å²) in [5.74, 6) is -0.0101. The van der Waals surface area contributed by atoms with Crippen LogP contribution in [-0.4, -0.2) is 48.1 Å². The number of aliphatic hydroxyl groups excluding tert-OH is 2. The SMILES string of the molecule is [2H]C([2H])(OCCCCCCNC[C@H](O)c1ccc(O)c(CO)c1)C([2H])([2H])OCc1c(Cl)cccc1Cl. The van der Waals surface area contributed by atoms with Crippen LogP contribution in [0.25, 0.3) is 0 Å². The van der Waals surface area contributed by atoms with E-state index in [9.17, 15) is 15.3 Å². The zero-order valence-electron chi connectivity index (χ0n) is 21.8. The molecule has 8 heteroatoms. The molecule has 2 aromatic carbocycles. The second-order valence-corrected chi connectivity index (χ2v) is 8.04. The van der Waals surface area contributed by atoms with Crippen molar-refractivity contribution >= 4 is 23.2 Å². The van der Waals surface area contributed by atoms with Gasteiger partial charge in [-0.3, -0.25) is 0 Å². The maximum atomic E-state index is 10.2. The molecular weight excluding hydrogens is 453 g/mol. The second-order valence-electron chi connectivity index (χ2n) is 7.22. The Morgan fingerprint density at radius 3 is 2.47 bits per heavy atom. The van der Waals surface area contributed by atoms with Gasteiger partial charge in [0, 0.05) is 34.3 Å². The van der Waals surface area contributed by atoms with Gasteiger partial charge in [-0.2, -0.15) is 0 Å². The molecular formula is C24H33Cl2NO5. The molecule has 0 aliphatic rings. The Morgan fingerprint density at radius 1 is 1.00 bits per heavy atom. The normalized spacial score (nSPS) is 15.0. The van der Waals surface area contributed by atoms with Crippen LogP contribution in [0.4, 0.5) is 0 Å². The van der Waals surface area contributed by atoms with E-state index in [2.05, 4.69) is 5.32 Å². The van der Waals surface area contributed by atoms with Crippen molar-refractivity contribution in [1.82, 2.24) is 5.32 Å². The van der Waals surface area contributed by atoms with Gasteiger partial charge in [0.15, 0.2) is 0 Å². The highest BCUT2D eigenvalue weighted by molar-refractivity contribution is 6.35. The smallest absolute Gasteiger partial charge is 0.121 e. The monoisotopic (exact) mass is 489 g/mol. The van der Waals surface area contributed by atoms with Gasteiger partial charge in [0.05, 0.1) is 37.9 Å². The fourth-order valence-electron chi connectivity index (χ4n) is 2.96. The molecule has 2 aromatic rings. The average molecular weight is 490 g/mol. The first-order valence-corrected chi connectivity index (χ1v) is 11.3. The number of benzene rings is 2. The van der Waals surface area contributed by atoms with Crippen LogP contribution in [0.5, 0.6) is 5.75 Å². The van der Waals surface area contributed by atoms with Crippen molar-refractivity contribution in [3.63, 3.8) is 0 Å². The predicted octanol–water partition coefficient (Wildman–Crippen LogP) is 4.61. The van der Waals surface area contributed by atoms with Gasteiger partial charge in [-0.1, -0.05) is 48.2 Å². The summed E-state index contributed by atoms with van der Waals surface area (Å²) in [7, 11) is 0. The summed E-state index contributed by atoms with van der Waals surface area (Å²) in [6.07, 6.45) is 2.22. The van der Waals surface area contributed by atoms with Gasteiger partial charge < -0.3 is 30.1 Å².